The van der Waals surface area contributed by atoms with Crippen molar-refractivity contribution in [1.29, 1.82) is 0 Å². The summed E-state index contributed by atoms with van der Waals surface area (Å²) in [7, 11) is 0. The van der Waals surface area contributed by atoms with Gasteiger partial charge < -0.3 is 0 Å². The monoisotopic (exact) mass is 1110 g/mol. The van der Waals surface area contributed by atoms with Crippen molar-refractivity contribution in [3.8, 4) is 66.8 Å². The number of aromatic nitrogens is 3. The van der Waals surface area contributed by atoms with E-state index in [0.29, 0.717) is 0 Å². The maximum Gasteiger partial charge on any atom is 0.0671 e. The van der Waals surface area contributed by atoms with Crippen LogP contribution in [-0.4, -0.2) is 15.0 Å². The molecule has 87 heavy (non-hydrogen) atoms. The minimum Gasteiger partial charge on any atom is -0.256 e. The van der Waals surface area contributed by atoms with E-state index in [9.17, 15) is 0 Å². The Labute approximate surface area is 509 Å². The molecular formula is C84H63N3. The average Bonchev–Trinajstić information content (AvgIpc) is 1.72. The summed E-state index contributed by atoms with van der Waals surface area (Å²) in [6.45, 7) is 14.0. The fourth-order valence-electron chi connectivity index (χ4n) is 15.1. The van der Waals surface area contributed by atoms with Crippen molar-refractivity contribution < 1.29 is 0 Å². The first-order chi connectivity index (χ1) is 42.4. The maximum absolute atomic E-state index is 5.29. The zero-order chi connectivity index (χ0) is 58.8. The zero-order valence-electron chi connectivity index (χ0n) is 49.8. The average molecular weight is 1110 g/mol. The Morgan fingerprint density at radius 2 is 0.494 bits per heavy atom. The molecule has 0 fully saturated rings. The minimum absolute atomic E-state index is 0.220. The van der Waals surface area contributed by atoms with Crippen molar-refractivity contribution >= 4 is 67.3 Å². The summed E-state index contributed by atoms with van der Waals surface area (Å²) in [5.41, 5.74) is 27.2. The topological polar surface area (TPSA) is 38.7 Å². The third-order valence-electron chi connectivity index (χ3n) is 19.4. The minimum atomic E-state index is -0.220. The number of hydrogen-bond donors (Lipinski definition) is 0. The molecule has 0 radical (unpaired) electrons. The van der Waals surface area contributed by atoms with Gasteiger partial charge in [-0.3, -0.25) is 15.0 Å². The quantitative estimate of drug-likeness (QED) is 0.145. The SMILES string of the molecule is CC1(C)C(c2ccc(-c3ccccc3-c3cc(-c4ccccc4-c4ccc(C5=Cc6ccc7ccccc7c6C5(C)C)nc4)cc(-c4ccccc4-c4ccc(C5=Cc6ccc7ccccc7c6C5(C)C)nc4)c3)cn2)=Cc2ccc3ccccc3c21. The highest BCUT2D eigenvalue weighted by Gasteiger charge is 2.39. The van der Waals surface area contributed by atoms with E-state index < -0.39 is 0 Å². The Hall–Kier alpha value is -10.4. The van der Waals surface area contributed by atoms with Crippen molar-refractivity contribution in [3.63, 3.8) is 0 Å². The fraction of sp³-hybridized carbons (Fsp3) is 0.107. The van der Waals surface area contributed by atoms with Crippen LogP contribution in [0.15, 0.2) is 255 Å². The van der Waals surface area contributed by atoms with Gasteiger partial charge in [0.15, 0.2) is 0 Å². The largest absolute Gasteiger partial charge is 0.256 e. The highest BCUT2D eigenvalue weighted by molar-refractivity contribution is 6.05. The molecule has 414 valence electrons. The summed E-state index contributed by atoms with van der Waals surface area (Å²) in [4.78, 5) is 15.9. The summed E-state index contributed by atoms with van der Waals surface area (Å²) < 4.78 is 0. The number of rotatable bonds is 9. The number of hydrogen-bond acceptors (Lipinski definition) is 3. The van der Waals surface area contributed by atoms with E-state index in [1.54, 1.807) is 0 Å². The molecule has 0 aliphatic heterocycles. The van der Waals surface area contributed by atoms with Crippen molar-refractivity contribution in [1.82, 2.24) is 15.0 Å². The number of fused-ring (bicyclic) bond motifs is 9. The highest BCUT2D eigenvalue weighted by Crippen LogP contribution is 2.53. The predicted molar refractivity (Wildman–Crippen MR) is 367 cm³/mol. The van der Waals surface area contributed by atoms with Crippen LogP contribution >= 0.6 is 0 Å². The standard InChI is InChI=1S/C84H63N3/c1-82(2)73(46-55-34-31-52-19-7-10-28-70(52)79(55)82)76-40-37-58(49-85-76)64-22-13-16-25-67(64)61-43-62(68-26-17-14-23-65(68)59-38-41-77(86-50-59)74-47-56-35-32-53-20-8-11-29-71(53)80(56)83(74,3)4)45-63(44-61)69-27-18-15-24-66(69)60-39-42-78(87-51-60)75-48-57-36-33-54-21-9-12-30-72(54)81(57)84(75,5)6/h7-51H,1-6H3. The van der Waals surface area contributed by atoms with E-state index in [1.807, 2.05) is 0 Å². The van der Waals surface area contributed by atoms with Gasteiger partial charge in [0.05, 0.1) is 17.1 Å². The van der Waals surface area contributed by atoms with Crippen LogP contribution in [-0.2, 0) is 16.2 Å². The lowest BCUT2D eigenvalue weighted by Gasteiger charge is -2.26. The van der Waals surface area contributed by atoms with Gasteiger partial charge in [-0.1, -0.05) is 242 Å². The molecule has 0 saturated heterocycles. The van der Waals surface area contributed by atoms with Gasteiger partial charge in [-0.05, 0) is 187 Å². The highest BCUT2D eigenvalue weighted by atomic mass is 14.7. The van der Waals surface area contributed by atoms with E-state index in [2.05, 4.69) is 315 Å². The molecule has 0 atom stereocenters. The van der Waals surface area contributed by atoms with Crippen LogP contribution in [0.2, 0.25) is 0 Å². The molecule has 0 bridgehead atoms. The molecular weight excluding hydrogens is 1050 g/mol. The molecule has 0 saturated carbocycles. The van der Waals surface area contributed by atoms with Gasteiger partial charge in [0.1, 0.15) is 0 Å². The van der Waals surface area contributed by atoms with Gasteiger partial charge >= 0.3 is 0 Å². The molecule has 0 spiro atoms. The summed E-state index contributed by atoms with van der Waals surface area (Å²) >= 11 is 0. The summed E-state index contributed by atoms with van der Waals surface area (Å²) in [5.74, 6) is 0. The first-order valence-corrected chi connectivity index (χ1v) is 30.5. The Balaban J connectivity index is 0.792. The number of pyridine rings is 3. The molecule has 3 aliphatic rings. The Kier molecular flexibility index (Phi) is 11.9. The third-order valence-corrected chi connectivity index (χ3v) is 19.4. The van der Waals surface area contributed by atoms with E-state index in [-0.39, 0.29) is 16.2 Å². The smallest absolute Gasteiger partial charge is 0.0671 e. The molecule has 3 aliphatic carbocycles. The van der Waals surface area contributed by atoms with Crippen molar-refractivity contribution in [2.75, 3.05) is 0 Å². The van der Waals surface area contributed by atoms with Crippen molar-refractivity contribution in [2.45, 2.75) is 57.8 Å². The molecule has 3 aromatic heterocycles. The van der Waals surface area contributed by atoms with Crippen LogP contribution in [0.25, 0.3) is 134 Å². The molecule has 0 N–H and O–H groups in total. The fourth-order valence-corrected chi connectivity index (χ4v) is 15.1. The molecule has 3 heteroatoms. The summed E-state index contributed by atoms with van der Waals surface area (Å²) in [5, 5.41) is 7.70. The second-order valence-electron chi connectivity index (χ2n) is 25.5. The van der Waals surface area contributed by atoms with E-state index in [0.717, 1.165) is 83.8 Å². The lowest BCUT2D eigenvalue weighted by atomic mass is 9.78. The predicted octanol–water partition coefficient (Wildman–Crippen LogP) is 21.8. The van der Waals surface area contributed by atoms with Crippen LogP contribution in [0.1, 0.15) is 92.0 Å². The molecule has 0 unspecified atom stereocenters. The van der Waals surface area contributed by atoms with Crippen LogP contribution < -0.4 is 0 Å². The van der Waals surface area contributed by atoms with Crippen LogP contribution in [0.5, 0.6) is 0 Å². The molecule has 16 rings (SSSR count). The molecule has 13 aromatic rings. The molecule has 0 amide bonds. The normalized spacial score (nSPS) is 15.0. The lowest BCUT2D eigenvalue weighted by molar-refractivity contribution is 0.707. The number of allylic oxidation sites excluding steroid dienone is 3. The Morgan fingerprint density at radius 3 is 0.759 bits per heavy atom. The Bertz CT molecular complexity index is 4560. The molecule has 10 aromatic carbocycles. The van der Waals surface area contributed by atoms with Gasteiger partial charge in [-0.25, -0.2) is 0 Å². The van der Waals surface area contributed by atoms with Crippen molar-refractivity contribution in [2.24, 2.45) is 0 Å². The molecule has 3 nitrogen and oxygen atoms in total. The van der Waals surface area contributed by atoms with Crippen LogP contribution in [0, 0.1) is 0 Å². The summed E-state index contributed by atoms with van der Waals surface area (Å²) in [6.07, 6.45) is 13.3. The van der Waals surface area contributed by atoms with Gasteiger partial charge in [0, 0.05) is 51.5 Å². The van der Waals surface area contributed by atoms with E-state index >= 15 is 0 Å². The van der Waals surface area contributed by atoms with Crippen molar-refractivity contribution in [3.05, 3.63) is 306 Å². The first kappa shape index (κ1) is 52.2. The maximum atomic E-state index is 5.29. The second kappa shape index (κ2) is 19.9. The first-order valence-electron chi connectivity index (χ1n) is 30.5. The zero-order valence-corrected chi connectivity index (χ0v) is 49.8. The number of benzene rings is 10. The van der Waals surface area contributed by atoms with Gasteiger partial charge in [-0.15, -0.1) is 0 Å². The van der Waals surface area contributed by atoms with E-state index in [4.69, 9.17) is 15.0 Å². The summed E-state index contributed by atoms with van der Waals surface area (Å²) in [6, 6.07) is 86.7. The third kappa shape index (κ3) is 8.43. The van der Waals surface area contributed by atoms with E-state index in [1.165, 1.54) is 82.4 Å². The number of nitrogens with zero attached hydrogens (tertiary/aromatic N) is 3. The van der Waals surface area contributed by atoms with Gasteiger partial charge in [0.2, 0.25) is 0 Å². The van der Waals surface area contributed by atoms with Crippen LogP contribution in [0.3, 0.4) is 0 Å². The Morgan fingerprint density at radius 1 is 0.241 bits per heavy atom. The van der Waals surface area contributed by atoms with Crippen LogP contribution in [0.4, 0.5) is 0 Å². The van der Waals surface area contributed by atoms with Gasteiger partial charge in [0.25, 0.3) is 0 Å². The second-order valence-corrected chi connectivity index (χ2v) is 25.5. The van der Waals surface area contributed by atoms with Gasteiger partial charge in [-0.2, -0.15) is 0 Å². The molecule has 3 heterocycles. The lowest BCUT2D eigenvalue weighted by Crippen LogP contribution is -2.17.